The van der Waals surface area contributed by atoms with Crippen molar-refractivity contribution in [2.45, 2.75) is 12.4 Å². The lowest BCUT2D eigenvalue weighted by Crippen LogP contribution is -2.12. The highest BCUT2D eigenvalue weighted by molar-refractivity contribution is 8.38. The molecule has 0 atom stereocenters. The molecule has 1 aliphatic heterocycles. The quantitative estimate of drug-likeness (QED) is 0.749. The van der Waals surface area contributed by atoms with Crippen molar-refractivity contribution in [3.05, 3.63) is 41.2 Å². The number of nitrogens with two attached hydrogens (primary N) is 2. The fourth-order valence-corrected chi connectivity index (χ4v) is 4.13. The Morgan fingerprint density at radius 1 is 1.20 bits per heavy atom. The van der Waals surface area contributed by atoms with Crippen molar-refractivity contribution < 1.29 is 9.53 Å². The van der Waals surface area contributed by atoms with Gasteiger partial charge in [0.15, 0.2) is 12.4 Å². The van der Waals surface area contributed by atoms with Crippen molar-refractivity contribution in [1.82, 2.24) is 15.0 Å². The number of carbonyl (C=O) groups is 1. The second-order valence-electron chi connectivity index (χ2n) is 4.99. The molecule has 8 nitrogen and oxygen atoms in total. The zero-order chi connectivity index (χ0) is 17.6. The zero-order valence-electron chi connectivity index (χ0n) is 13.2. The summed E-state index contributed by atoms with van der Waals surface area (Å²) in [5.74, 6) is 1.42. The fourth-order valence-electron chi connectivity index (χ4n) is 2.12. The largest absolute Gasteiger partial charge is 0.454 e. The predicted molar refractivity (Wildman–Crippen MR) is 100 cm³/mol. The minimum Gasteiger partial charge on any atom is -0.454 e. The second-order valence-corrected chi connectivity index (χ2v) is 7.29. The number of aliphatic imine (C=N–C) groups is 1. The molecule has 1 aromatic carbocycles. The van der Waals surface area contributed by atoms with Gasteiger partial charge in [0.25, 0.3) is 0 Å². The molecule has 1 aromatic heterocycles. The van der Waals surface area contributed by atoms with E-state index in [4.69, 9.17) is 16.2 Å². The van der Waals surface area contributed by atoms with Gasteiger partial charge in [0.05, 0.1) is 12.1 Å². The molecular formula is C15H16N6O2S2. The molecule has 0 unspecified atom stereocenters. The lowest BCUT2D eigenvalue weighted by atomic mass is 10.1. The molecule has 0 saturated carbocycles. The number of nitrogens with zero attached hydrogens (tertiary/aromatic N) is 4. The van der Waals surface area contributed by atoms with Crippen molar-refractivity contribution in [3.8, 4) is 0 Å². The highest BCUT2D eigenvalue weighted by Gasteiger charge is 2.15. The van der Waals surface area contributed by atoms with Gasteiger partial charge in [0.1, 0.15) is 4.38 Å². The van der Waals surface area contributed by atoms with Crippen molar-refractivity contribution >= 4 is 45.8 Å². The average Bonchev–Trinajstić information content (AvgIpc) is 3.11. The van der Waals surface area contributed by atoms with Crippen LogP contribution in [-0.2, 0) is 17.1 Å². The summed E-state index contributed by atoms with van der Waals surface area (Å²) in [6, 6.07) is 7.33. The third-order valence-electron chi connectivity index (χ3n) is 3.19. The number of hydrogen-bond acceptors (Lipinski definition) is 10. The van der Waals surface area contributed by atoms with Crippen molar-refractivity contribution in [3.63, 3.8) is 0 Å². The number of benzene rings is 1. The second kappa shape index (κ2) is 8.17. The Labute approximate surface area is 152 Å². The Kier molecular flexibility index (Phi) is 5.71. The molecule has 2 aromatic rings. The molecular weight excluding hydrogens is 360 g/mol. The summed E-state index contributed by atoms with van der Waals surface area (Å²) in [4.78, 5) is 28.2. The maximum Gasteiger partial charge on any atom is 0.338 e. The first kappa shape index (κ1) is 17.5. The lowest BCUT2D eigenvalue weighted by molar-refractivity contribution is 0.0461. The highest BCUT2D eigenvalue weighted by Crippen LogP contribution is 2.26. The van der Waals surface area contributed by atoms with Crippen LogP contribution in [0.3, 0.4) is 0 Å². The number of hydrogen-bond donors (Lipinski definition) is 2. The van der Waals surface area contributed by atoms with Crippen LogP contribution >= 0.6 is 23.5 Å². The van der Waals surface area contributed by atoms with Crippen LogP contribution in [0.2, 0.25) is 0 Å². The van der Waals surface area contributed by atoms with Gasteiger partial charge in [0.2, 0.25) is 11.9 Å². The van der Waals surface area contributed by atoms with Crippen molar-refractivity contribution in [2.75, 3.05) is 23.8 Å². The van der Waals surface area contributed by atoms with Gasteiger partial charge in [-0.25, -0.2) is 4.79 Å². The van der Waals surface area contributed by atoms with Gasteiger partial charge in [-0.3, -0.25) is 4.99 Å². The van der Waals surface area contributed by atoms with Crippen LogP contribution in [0.1, 0.15) is 21.7 Å². The third kappa shape index (κ3) is 4.83. The van der Waals surface area contributed by atoms with E-state index >= 15 is 0 Å². The summed E-state index contributed by atoms with van der Waals surface area (Å²) in [5, 5.41) is 0. The maximum absolute atomic E-state index is 12.4. The van der Waals surface area contributed by atoms with Crippen LogP contribution in [-0.4, -0.2) is 37.6 Å². The summed E-state index contributed by atoms with van der Waals surface area (Å²) in [6.07, 6.45) is 0. The lowest BCUT2D eigenvalue weighted by Gasteiger charge is -2.09. The van der Waals surface area contributed by atoms with Gasteiger partial charge < -0.3 is 16.2 Å². The number of ether oxygens (including phenoxy) is 1. The number of thioether (sulfide) groups is 2. The molecule has 0 fully saturated rings. The zero-order valence-corrected chi connectivity index (χ0v) is 14.8. The molecule has 1 aliphatic rings. The average molecular weight is 376 g/mol. The maximum atomic E-state index is 12.4. The fraction of sp³-hybridized carbons (Fsp3) is 0.267. The van der Waals surface area contributed by atoms with Gasteiger partial charge in [-0.2, -0.15) is 15.0 Å². The van der Waals surface area contributed by atoms with Gasteiger partial charge in [-0.05, 0) is 11.6 Å². The topological polar surface area (TPSA) is 129 Å². The Morgan fingerprint density at radius 3 is 2.68 bits per heavy atom. The molecule has 4 N–H and O–H groups in total. The number of carbonyl (C=O) groups excluding carboxylic acids is 1. The van der Waals surface area contributed by atoms with E-state index in [1.807, 2.05) is 12.1 Å². The van der Waals surface area contributed by atoms with Crippen LogP contribution in [0.15, 0.2) is 29.3 Å². The molecule has 130 valence electrons. The van der Waals surface area contributed by atoms with Gasteiger partial charge in [-0.15, -0.1) is 0 Å². The molecule has 0 saturated heterocycles. The molecule has 25 heavy (non-hydrogen) atoms. The third-order valence-corrected chi connectivity index (χ3v) is 5.50. The van der Waals surface area contributed by atoms with E-state index in [0.29, 0.717) is 11.3 Å². The Balaban J connectivity index is 1.65. The van der Waals surface area contributed by atoms with E-state index in [0.717, 1.165) is 22.2 Å². The van der Waals surface area contributed by atoms with E-state index in [-0.39, 0.29) is 24.3 Å². The van der Waals surface area contributed by atoms with Crippen LogP contribution in [0, 0.1) is 0 Å². The Hall–Kier alpha value is -2.33. The monoisotopic (exact) mass is 376 g/mol. The van der Waals surface area contributed by atoms with Crippen molar-refractivity contribution in [1.29, 1.82) is 0 Å². The number of anilines is 2. The number of aromatic nitrogens is 3. The normalized spacial score (nSPS) is 13.5. The number of nitrogen functional groups attached to an aromatic ring is 2. The van der Waals surface area contributed by atoms with E-state index in [2.05, 4.69) is 19.9 Å². The first-order valence-corrected chi connectivity index (χ1v) is 9.40. The molecule has 10 heteroatoms. The minimum atomic E-state index is -0.449. The van der Waals surface area contributed by atoms with Crippen LogP contribution in [0.5, 0.6) is 0 Å². The molecule has 0 bridgehead atoms. The molecule has 0 spiro atoms. The molecule has 0 amide bonds. The standard InChI is InChI=1S/C15H16N6O2S2/c16-13-19-11(20-14(17)21-13)7-23-12(22)10-4-2-1-3-9(10)8-25-15-18-5-6-24-15/h1-4H,5-8H2,(H4,16,17,19,20,21). The predicted octanol–water partition coefficient (Wildman–Crippen LogP) is 1.73. The number of rotatable bonds is 5. The molecule has 3 rings (SSSR count). The van der Waals surface area contributed by atoms with Gasteiger partial charge >= 0.3 is 5.97 Å². The summed E-state index contributed by atoms with van der Waals surface area (Å²) < 4.78 is 6.34. The summed E-state index contributed by atoms with van der Waals surface area (Å²) >= 11 is 3.36. The molecule has 2 heterocycles. The van der Waals surface area contributed by atoms with E-state index in [1.54, 1.807) is 35.7 Å². The van der Waals surface area contributed by atoms with E-state index in [9.17, 15) is 4.79 Å². The van der Waals surface area contributed by atoms with Crippen LogP contribution in [0.25, 0.3) is 0 Å². The van der Waals surface area contributed by atoms with E-state index < -0.39 is 5.97 Å². The van der Waals surface area contributed by atoms with Crippen LogP contribution < -0.4 is 11.5 Å². The Morgan fingerprint density at radius 2 is 1.96 bits per heavy atom. The summed E-state index contributed by atoms with van der Waals surface area (Å²) in [7, 11) is 0. The SMILES string of the molecule is Nc1nc(N)nc(COC(=O)c2ccccc2CSC2=NCCS2)n1. The molecule has 0 radical (unpaired) electrons. The highest BCUT2D eigenvalue weighted by atomic mass is 32.2. The molecule has 0 aliphatic carbocycles. The Bertz CT molecular complexity index is 794. The minimum absolute atomic E-state index is 0.00909. The van der Waals surface area contributed by atoms with E-state index in [1.165, 1.54) is 0 Å². The summed E-state index contributed by atoms with van der Waals surface area (Å²) in [5.41, 5.74) is 12.4. The van der Waals surface area contributed by atoms with Gasteiger partial charge in [0, 0.05) is 11.5 Å². The first-order chi connectivity index (χ1) is 12.1. The number of esters is 1. The smallest absolute Gasteiger partial charge is 0.338 e. The first-order valence-electron chi connectivity index (χ1n) is 7.43. The van der Waals surface area contributed by atoms with Gasteiger partial charge in [-0.1, -0.05) is 41.7 Å². The summed E-state index contributed by atoms with van der Waals surface area (Å²) in [6.45, 7) is 0.731. The van der Waals surface area contributed by atoms with Crippen molar-refractivity contribution in [2.24, 2.45) is 4.99 Å². The van der Waals surface area contributed by atoms with Crippen LogP contribution in [0.4, 0.5) is 11.9 Å².